The maximum atomic E-state index is 14.8. The van der Waals surface area contributed by atoms with Gasteiger partial charge >= 0.3 is 0 Å². The predicted octanol–water partition coefficient (Wildman–Crippen LogP) is 5.78. The van der Waals surface area contributed by atoms with E-state index in [9.17, 15) is 19.5 Å². The molecule has 2 bridgehead atoms. The lowest BCUT2D eigenvalue weighted by atomic mass is 9.70. The second-order valence-corrected chi connectivity index (χ2v) is 13.8. The Labute approximate surface area is 290 Å². The van der Waals surface area contributed by atoms with E-state index in [0.29, 0.717) is 54.6 Å². The zero-order valence-electron chi connectivity index (χ0n) is 26.7. The lowest BCUT2D eigenvalue weighted by molar-refractivity contribution is -0.140. The van der Waals surface area contributed by atoms with Gasteiger partial charge in [-0.05, 0) is 74.7 Å². The molecule has 1 N–H and O–H groups in total. The summed E-state index contributed by atoms with van der Waals surface area (Å²) in [5.41, 5.74) is 0.0703. The first-order valence-corrected chi connectivity index (χ1v) is 17.6. The average molecular weight is 729 g/mol. The van der Waals surface area contributed by atoms with E-state index in [4.69, 9.17) is 21.1 Å². The normalized spacial score (nSPS) is 25.8. The van der Waals surface area contributed by atoms with Crippen molar-refractivity contribution in [1.29, 1.82) is 0 Å². The van der Waals surface area contributed by atoms with Crippen LogP contribution in [0.1, 0.15) is 39.0 Å². The van der Waals surface area contributed by atoms with Gasteiger partial charge in [-0.2, -0.15) is 0 Å². The van der Waals surface area contributed by atoms with Crippen LogP contribution in [0.15, 0.2) is 73.8 Å². The molecule has 0 radical (unpaired) electrons. The number of benzene rings is 2. The van der Waals surface area contributed by atoms with Gasteiger partial charge in [0.15, 0.2) is 0 Å². The van der Waals surface area contributed by atoms with Crippen LogP contribution in [0, 0.1) is 11.8 Å². The first kappa shape index (κ1) is 35.1. The van der Waals surface area contributed by atoms with E-state index in [1.807, 2.05) is 31.2 Å². The van der Waals surface area contributed by atoms with E-state index in [1.165, 1.54) is 0 Å². The zero-order chi connectivity index (χ0) is 33.7. The van der Waals surface area contributed by atoms with Crippen molar-refractivity contribution in [2.24, 2.45) is 11.8 Å². The molecule has 252 valence electrons. The number of aliphatic hydroxyl groups excluding tert-OH is 1. The summed E-state index contributed by atoms with van der Waals surface area (Å²) in [5.74, 6) is -1.75. The van der Waals surface area contributed by atoms with Gasteiger partial charge in [0.2, 0.25) is 11.8 Å². The number of aliphatic hydroxyl groups is 1. The van der Waals surface area contributed by atoms with Gasteiger partial charge in [-0.3, -0.25) is 14.4 Å². The Morgan fingerprint density at radius 3 is 2.21 bits per heavy atom. The minimum absolute atomic E-state index is 0.105. The van der Waals surface area contributed by atoms with Crippen molar-refractivity contribution < 1.29 is 29.0 Å². The van der Waals surface area contributed by atoms with Crippen LogP contribution in [0.4, 0.5) is 11.4 Å². The first-order valence-electron chi connectivity index (χ1n) is 16.3. The van der Waals surface area contributed by atoms with E-state index in [0.717, 1.165) is 12.8 Å². The molecule has 9 nitrogen and oxygen atoms in total. The van der Waals surface area contributed by atoms with Crippen LogP contribution in [0.3, 0.4) is 0 Å². The van der Waals surface area contributed by atoms with Crippen molar-refractivity contribution in [3.05, 3.63) is 78.9 Å². The van der Waals surface area contributed by atoms with Crippen LogP contribution >= 0.6 is 27.5 Å². The van der Waals surface area contributed by atoms with E-state index in [-0.39, 0.29) is 42.2 Å². The number of likely N-dealkylation sites (tertiary alicyclic amines) is 1. The number of nitrogens with zero attached hydrogens (tertiary/aromatic N) is 3. The van der Waals surface area contributed by atoms with E-state index in [2.05, 4.69) is 29.1 Å². The predicted molar refractivity (Wildman–Crippen MR) is 187 cm³/mol. The fraction of sp³-hybridized carbons (Fsp3) is 0.472. The smallest absolute Gasteiger partial charge is 0.253 e. The number of rotatable bonds is 16. The van der Waals surface area contributed by atoms with E-state index in [1.54, 1.807) is 51.1 Å². The van der Waals surface area contributed by atoms with Crippen molar-refractivity contribution >= 4 is 56.6 Å². The average Bonchev–Trinajstić information content (AvgIpc) is 3.66. The molecule has 6 atom stereocenters. The van der Waals surface area contributed by atoms with E-state index >= 15 is 0 Å². The van der Waals surface area contributed by atoms with Gasteiger partial charge in [-0.15, -0.1) is 13.2 Å². The SMILES string of the molecule is C=CCN(C(=O)C1N(CCCCCCO)C(=O)[C@@H]2[C@@H](C(=O)N(CC=C)c3ccc(OCC)cc3)[C@@H]3OC12CC3Br)c1ccc(Cl)cc1. The Morgan fingerprint density at radius 1 is 1.02 bits per heavy atom. The second-order valence-electron chi connectivity index (χ2n) is 12.2. The van der Waals surface area contributed by atoms with Crippen LogP contribution in [0.5, 0.6) is 5.75 Å². The molecule has 1 spiro atoms. The number of halogens is 2. The Morgan fingerprint density at radius 2 is 1.62 bits per heavy atom. The number of alkyl halides is 1. The number of hydrogen-bond donors (Lipinski definition) is 1. The topological polar surface area (TPSA) is 99.6 Å². The summed E-state index contributed by atoms with van der Waals surface area (Å²) in [6.07, 6.45) is 6.02. The fourth-order valence-corrected chi connectivity index (χ4v) is 8.49. The molecule has 47 heavy (non-hydrogen) atoms. The number of unbranched alkanes of at least 4 members (excludes halogenated alkanes) is 3. The van der Waals surface area contributed by atoms with Gasteiger partial charge in [0, 0.05) is 47.5 Å². The van der Waals surface area contributed by atoms with Gasteiger partial charge in [0.05, 0.1) is 24.5 Å². The third-order valence-corrected chi connectivity index (χ3v) is 10.5. The minimum Gasteiger partial charge on any atom is -0.494 e. The Hall–Kier alpha value is -3.18. The number of anilines is 2. The molecular formula is C36H43BrClN3O6. The third-order valence-electron chi connectivity index (χ3n) is 9.37. The molecule has 2 aromatic carbocycles. The lowest BCUT2D eigenvalue weighted by Gasteiger charge is -2.37. The first-order chi connectivity index (χ1) is 22.7. The molecule has 3 aliphatic rings. The molecule has 3 amide bonds. The minimum atomic E-state index is -1.21. The van der Waals surface area contributed by atoms with E-state index < -0.39 is 29.6 Å². The molecule has 3 fully saturated rings. The highest BCUT2D eigenvalue weighted by Gasteiger charge is 2.77. The standard InChI is InChI=1S/C36H43BrClN3O6/c1-4-19-39(26-15-17-27(18-16-26)46-6-3)33(43)29-30-34(44)41(21-9-7-8-10-22-42)32(36(30)23-28(37)31(29)47-36)35(45)40(20-5-2)25-13-11-24(38)12-14-25/h4-5,11-18,28-32,42H,1-2,6-10,19-23H2,3H3/t28?,29-,30+,31-,32?,36?/m1/s1. The molecule has 0 aromatic heterocycles. The van der Waals surface area contributed by atoms with Crippen LogP contribution < -0.4 is 14.5 Å². The van der Waals surface area contributed by atoms with Gasteiger partial charge in [-0.1, -0.05) is 52.5 Å². The Balaban J connectivity index is 1.53. The molecule has 11 heteroatoms. The molecule has 3 saturated heterocycles. The maximum absolute atomic E-state index is 14.8. The molecule has 3 heterocycles. The van der Waals surface area contributed by atoms with Gasteiger partial charge < -0.3 is 29.3 Å². The maximum Gasteiger partial charge on any atom is 0.253 e. The van der Waals surface area contributed by atoms with Crippen LogP contribution in [-0.2, 0) is 19.1 Å². The zero-order valence-corrected chi connectivity index (χ0v) is 29.1. The van der Waals surface area contributed by atoms with Crippen molar-refractivity contribution in [3.8, 4) is 5.75 Å². The highest BCUT2D eigenvalue weighted by Crippen LogP contribution is 2.60. The number of carbonyl (C=O) groups is 3. The van der Waals surface area contributed by atoms with Gasteiger partial charge in [0.25, 0.3) is 5.91 Å². The number of ether oxygens (including phenoxy) is 2. The highest BCUT2D eigenvalue weighted by atomic mass is 79.9. The quantitative estimate of drug-likeness (QED) is 0.134. The molecule has 0 saturated carbocycles. The number of carbonyl (C=O) groups excluding carboxylic acids is 3. The Kier molecular flexibility index (Phi) is 11.5. The molecule has 3 aliphatic heterocycles. The molecule has 2 aromatic rings. The second kappa shape index (κ2) is 15.4. The largest absolute Gasteiger partial charge is 0.494 e. The summed E-state index contributed by atoms with van der Waals surface area (Å²) >= 11 is 9.95. The number of hydrogen-bond acceptors (Lipinski definition) is 6. The summed E-state index contributed by atoms with van der Waals surface area (Å²) in [7, 11) is 0. The Bertz CT molecular complexity index is 1460. The fourth-order valence-electron chi connectivity index (χ4n) is 7.42. The van der Waals surface area contributed by atoms with Crippen molar-refractivity contribution in [3.63, 3.8) is 0 Å². The molecule has 5 rings (SSSR count). The van der Waals surface area contributed by atoms with Crippen molar-refractivity contribution in [1.82, 2.24) is 4.90 Å². The van der Waals surface area contributed by atoms with Crippen molar-refractivity contribution in [2.75, 3.05) is 42.6 Å². The molecular weight excluding hydrogens is 686 g/mol. The summed E-state index contributed by atoms with van der Waals surface area (Å²) in [6.45, 7) is 11.1. The van der Waals surface area contributed by atoms with Gasteiger partial charge in [-0.25, -0.2) is 0 Å². The monoisotopic (exact) mass is 727 g/mol. The lowest BCUT2D eigenvalue weighted by Crippen LogP contribution is -2.57. The number of amides is 3. The summed E-state index contributed by atoms with van der Waals surface area (Å²) in [6, 6.07) is 13.3. The van der Waals surface area contributed by atoms with Crippen LogP contribution in [0.25, 0.3) is 0 Å². The van der Waals surface area contributed by atoms with Crippen LogP contribution in [-0.4, -0.2) is 83.2 Å². The van der Waals surface area contributed by atoms with Crippen molar-refractivity contribution in [2.45, 2.75) is 61.6 Å². The van der Waals surface area contributed by atoms with Crippen LogP contribution in [0.2, 0.25) is 5.02 Å². The molecule has 3 unspecified atom stereocenters. The summed E-state index contributed by atoms with van der Waals surface area (Å²) in [4.78, 5) is 48.6. The summed E-state index contributed by atoms with van der Waals surface area (Å²) < 4.78 is 12.4. The van der Waals surface area contributed by atoms with Gasteiger partial charge in [0.1, 0.15) is 17.4 Å². The summed E-state index contributed by atoms with van der Waals surface area (Å²) in [5, 5.41) is 9.80. The third kappa shape index (κ3) is 6.75. The number of fused-ring (bicyclic) bond motifs is 1. The highest BCUT2D eigenvalue weighted by molar-refractivity contribution is 9.09. The molecule has 0 aliphatic carbocycles.